The summed E-state index contributed by atoms with van der Waals surface area (Å²) in [7, 11) is 0. The van der Waals surface area contributed by atoms with Gasteiger partial charge in [0.15, 0.2) is 5.82 Å². The van der Waals surface area contributed by atoms with Crippen LogP contribution in [0.3, 0.4) is 0 Å². The van der Waals surface area contributed by atoms with Crippen LogP contribution in [-0.4, -0.2) is 10.8 Å². The second-order valence-electron chi connectivity index (χ2n) is 5.33. The van der Waals surface area contributed by atoms with Gasteiger partial charge in [0.05, 0.1) is 16.7 Å². The number of non-ortho nitro benzene ring substituents is 1. The van der Waals surface area contributed by atoms with Crippen molar-refractivity contribution in [3.8, 4) is 0 Å². The van der Waals surface area contributed by atoms with E-state index in [1.54, 1.807) is 0 Å². The van der Waals surface area contributed by atoms with Crippen molar-refractivity contribution in [1.82, 2.24) is 0 Å². The van der Waals surface area contributed by atoms with Gasteiger partial charge in [0.1, 0.15) is 0 Å². The summed E-state index contributed by atoms with van der Waals surface area (Å²) >= 11 is 0. The van der Waals surface area contributed by atoms with Crippen molar-refractivity contribution >= 4 is 17.3 Å². The van der Waals surface area contributed by atoms with Crippen molar-refractivity contribution < 1.29 is 14.1 Å². The molecule has 0 saturated heterocycles. The van der Waals surface area contributed by atoms with Crippen LogP contribution in [0.5, 0.6) is 0 Å². The largest absolute Gasteiger partial charge is 0.323 e. The molecular formula is C13H13FN2O3. The number of rotatable bonds is 3. The second-order valence-corrected chi connectivity index (χ2v) is 5.33. The molecular weight excluding hydrogens is 251 g/mol. The quantitative estimate of drug-likeness (QED) is 0.674. The third kappa shape index (κ3) is 2.30. The number of halogens is 1. The molecule has 2 unspecified atom stereocenters. The molecule has 0 spiro atoms. The average molecular weight is 264 g/mol. The third-order valence-electron chi connectivity index (χ3n) is 4.04. The van der Waals surface area contributed by atoms with Crippen LogP contribution in [0.15, 0.2) is 18.2 Å². The van der Waals surface area contributed by atoms with E-state index in [0.717, 1.165) is 18.9 Å². The Hall–Kier alpha value is -1.98. The number of nitrogens with zero attached hydrogens (tertiary/aromatic N) is 1. The van der Waals surface area contributed by atoms with E-state index in [9.17, 15) is 19.3 Å². The van der Waals surface area contributed by atoms with E-state index in [1.807, 2.05) is 0 Å². The van der Waals surface area contributed by atoms with Crippen LogP contribution in [0, 0.1) is 33.7 Å². The van der Waals surface area contributed by atoms with Crippen LogP contribution in [0.2, 0.25) is 0 Å². The molecule has 2 aliphatic carbocycles. The van der Waals surface area contributed by atoms with E-state index >= 15 is 0 Å². The minimum Gasteiger partial charge on any atom is -0.323 e. The van der Waals surface area contributed by atoms with E-state index in [4.69, 9.17) is 0 Å². The van der Waals surface area contributed by atoms with Gasteiger partial charge in [-0.1, -0.05) is 0 Å². The van der Waals surface area contributed by atoms with Gasteiger partial charge in [-0.15, -0.1) is 0 Å². The first kappa shape index (κ1) is 12.1. The Morgan fingerprint density at radius 1 is 1.32 bits per heavy atom. The maximum absolute atomic E-state index is 13.6. The summed E-state index contributed by atoms with van der Waals surface area (Å²) < 4.78 is 13.6. The Bertz CT molecular complexity index is 551. The van der Waals surface area contributed by atoms with Gasteiger partial charge in [-0.25, -0.2) is 4.39 Å². The van der Waals surface area contributed by atoms with Crippen LogP contribution in [-0.2, 0) is 4.79 Å². The van der Waals surface area contributed by atoms with Gasteiger partial charge in [-0.3, -0.25) is 14.9 Å². The summed E-state index contributed by atoms with van der Waals surface area (Å²) in [5, 5.41) is 13.0. The number of benzene rings is 1. The van der Waals surface area contributed by atoms with Gasteiger partial charge in [-0.2, -0.15) is 0 Å². The lowest BCUT2D eigenvalue weighted by Crippen LogP contribution is -2.22. The highest BCUT2D eigenvalue weighted by atomic mass is 19.1. The van der Waals surface area contributed by atoms with E-state index in [1.165, 1.54) is 18.6 Å². The Morgan fingerprint density at radius 3 is 2.58 bits per heavy atom. The van der Waals surface area contributed by atoms with E-state index in [0.29, 0.717) is 11.8 Å². The maximum atomic E-state index is 13.6. The van der Waals surface area contributed by atoms with Gasteiger partial charge in [-0.05, 0) is 37.2 Å². The zero-order valence-electron chi connectivity index (χ0n) is 10.1. The van der Waals surface area contributed by atoms with Crippen molar-refractivity contribution in [3.63, 3.8) is 0 Å². The Kier molecular flexibility index (Phi) is 2.73. The number of carbonyl (C=O) groups is 1. The molecule has 1 amide bonds. The molecule has 19 heavy (non-hydrogen) atoms. The van der Waals surface area contributed by atoms with Gasteiger partial charge in [0, 0.05) is 12.0 Å². The molecule has 2 saturated carbocycles. The number of hydrogen-bond donors (Lipinski definition) is 1. The fourth-order valence-electron chi connectivity index (χ4n) is 2.88. The van der Waals surface area contributed by atoms with Crippen LogP contribution in [0.25, 0.3) is 0 Å². The molecule has 5 nitrogen and oxygen atoms in total. The van der Waals surface area contributed by atoms with E-state index in [2.05, 4.69) is 5.32 Å². The molecule has 2 aliphatic rings. The number of nitro groups is 1. The minimum absolute atomic E-state index is 0.0103. The van der Waals surface area contributed by atoms with Crippen molar-refractivity contribution in [2.45, 2.75) is 19.3 Å². The Balaban J connectivity index is 1.69. The summed E-state index contributed by atoms with van der Waals surface area (Å²) in [5.74, 6) is 0.360. The predicted molar refractivity (Wildman–Crippen MR) is 66.0 cm³/mol. The van der Waals surface area contributed by atoms with Crippen molar-refractivity contribution in [1.29, 1.82) is 0 Å². The monoisotopic (exact) mass is 264 g/mol. The third-order valence-corrected chi connectivity index (χ3v) is 4.04. The van der Waals surface area contributed by atoms with Gasteiger partial charge >= 0.3 is 0 Å². The fourth-order valence-corrected chi connectivity index (χ4v) is 2.88. The molecule has 0 heterocycles. The number of anilines is 1. The zero-order valence-corrected chi connectivity index (χ0v) is 10.1. The SMILES string of the molecule is O=C(Nc1ccc([N+](=O)[O-])cc1F)C1CC2CC2C1. The predicted octanol–water partition coefficient (Wildman–Crippen LogP) is 2.72. The van der Waals surface area contributed by atoms with Gasteiger partial charge < -0.3 is 5.32 Å². The number of nitro benzene ring substituents is 1. The van der Waals surface area contributed by atoms with Crippen LogP contribution in [0.4, 0.5) is 15.8 Å². The Labute approximate surface area is 109 Å². The normalized spacial score (nSPS) is 27.7. The summed E-state index contributed by atoms with van der Waals surface area (Å²) in [6.07, 6.45) is 2.98. The molecule has 0 radical (unpaired) electrons. The number of hydrogen-bond acceptors (Lipinski definition) is 3. The molecule has 100 valence electrons. The second kappa shape index (κ2) is 4.29. The molecule has 2 fully saturated rings. The molecule has 2 atom stereocenters. The highest BCUT2D eigenvalue weighted by Crippen LogP contribution is 2.54. The van der Waals surface area contributed by atoms with Crippen molar-refractivity contribution in [2.75, 3.05) is 5.32 Å². The summed E-state index contributed by atoms with van der Waals surface area (Å²) in [5.41, 5.74) is -0.311. The molecule has 0 aliphatic heterocycles. The summed E-state index contributed by atoms with van der Waals surface area (Å²) in [6, 6.07) is 3.24. The minimum atomic E-state index is -0.772. The first-order valence-electron chi connectivity index (χ1n) is 6.29. The summed E-state index contributed by atoms with van der Waals surface area (Å²) in [4.78, 5) is 21.8. The lowest BCUT2D eigenvalue weighted by Gasteiger charge is -2.12. The first-order valence-corrected chi connectivity index (χ1v) is 6.29. The van der Waals surface area contributed by atoms with Crippen molar-refractivity contribution in [2.24, 2.45) is 17.8 Å². The number of fused-ring (bicyclic) bond motifs is 1. The molecule has 1 N–H and O–H groups in total. The number of amides is 1. The molecule has 3 rings (SSSR count). The maximum Gasteiger partial charge on any atom is 0.272 e. The van der Waals surface area contributed by atoms with Crippen LogP contribution in [0.1, 0.15) is 19.3 Å². The summed E-state index contributed by atoms with van der Waals surface area (Å²) in [6.45, 7) is 0. The highest BCUT2D eigenvalue weighted by molar-refractivity contribution is 5.93. The van der Waals surface area contributed by atoms with Crippen LogP contribution < -0.4 is 5.32 Å². The number of carbonyl (C=O) groups excluding carboxylic acids is 1. The molecule has 1 aromatic carbocycles. The van der Waals surface area contributed by atoms with Crippen molar-refractivity contribution in [3.05, 3.63) is 34.1 Å². The molecule has 1 aromatic rings. The lowest BCUT2D eigenvalue weighted by molar-refractivity contribution is -0.385. The van der Waals surface area contributed by atoms with Crippen LogP contribution >= 0.6 is 0 Å². The first-order chi connectivity index (χ1) is 9.04. The average Bonchev–Trinajstić information content (AvgIpc) is 2.98. The molecule has 0 aromatic heterocycles. The zero-order chi connectivity index (χ0) is 13.6. The lowest BCUT2D eigenvalue weighted by atomic mass is 10.0. The Morgan fingerprint density at radius 2 is 2.00 bits per heavy atom. The molecule has 6 heteroatoms. The fraction of sp³-hybridized carbons (Fsp3) is 0.462. The smallest absolute Gasteiger partial charge is 0.272 e. The van der Waals surface area contributed by atoms with E-state index in [-0.39, 0.29) is 23.2 Å². The van der Waals surface area contributed by atoms with E-state index < -0.39 is 10.7 Å². The van der Waals surface area contributed by atoms with Gasteiger partial charge in [0.2, 0.25) is 5.91 Å². The molecule has 0 bridgehead atoms. The number of nitrogens with one attached hydrogen (secondary N) is 1. The highest BCUT2D eigenvalue weighted by Gasteiger charge is 2.48. The topological polar surface area (TPSA) is 72.2 Å². The standard InChI is InChI=1S/C13H13FN2O3/c14-11-6-10(16(18)19)1-2-12(11)15-13(17)9-4-7-3-8(7)5-9/h1-2,6-9H,3-5H2,(H,15,17). The van der Waals surface area contributed by atoms with Gasteiger partial charge in [0.25, 0.3) is 5.69 Å².